The number of nitrogens with zero attached hydrogens (tertiary/aromatic N) is 1. The van der Waals surface area contributed by atoms with Crippen molar-refractivity contribution >= 4 is 33.7 Å². The van der Waals surface area contributed by atoms with E-state index in [1.54, 1.807) is 0 Å². The smallest absolute Gasteiger partial charge is 0.412 e. The molecule has 1 aromatic heterocycles. The normalized spacial score (nSPS) is 9.95. The minimum Gasteiger partial charge on any atom is -0.476 e. The van der Waals surface area contributed by atoms with Gasteiger partial charge in [0.05, 0.1) is 5.69 Å². The number of pyridine rings is 1. The van der Waals surface area contributed by atoms with Gasteiger partial charge in [0.25, 0.3) is 0 Å². The van der Waals surface area contributed by atoms with Gasteiger partial charge in [0.15, 0.2) is 5.69 Å². The van der Waals surface area contributed by atoms with Crippen molar-refractivity contribution in [1.82, 2.24) is 4.98 Å². The van der Waals surface area contributed by atoms with E-state index in [4.69, 9.17) is 9.84 Å². The third kappa shape index (κ3) is 4.28. The minimum absolute atomic E-state index is 0.0648. The topological polar surface area (TPSA) is 88.5 Å². The molecule has 7 heteroatoms. The maximum Gasteiger partial charge on any atom is 0.412 e. The molecule has 0 bridgehead atoms. The van der Waals surface area contributed by atoms with Crippen molar-refractivity contribution in [3.05, 3.63) is 58.3 Å². The fourth-order valence-electron chi connectivity index (χ4n) is 1.57. The summed E-state index contributed by atoms with van der Waals surface area (Å²) < 4.78 is 5.57. The summed E-state index contributed by atoms with van der Waals surface area (Å²) in [6.07, 6.45) is 0.588. The lowest BCUT2D eigenvalue weighted by Gasteiger charge is -2.09. The number of carbonyl (C=O) groups excluding carboxylic acids is 1. The molecule has 0 saturated heterocycles. The molecule has 0 unspecified atom stereocenters. The van der Waals surface area contributed by atoms with Crippen LogP contribution in [0.5, 0.6) is 0 Å². The number of anilines is 1. The second-order valence-corrected chi connectivity index (χ2v) is 4.96. The first kappa shape index (κ1) is 15.0. The van der Waals surface area contributed by atoms with Gasteiger partial charge in [-0.2, -0.15) is 0 Å². The molecule has 0 aliphatic heterocycles. The second-order valence-electron chi connectivity index (χ2n) is 4.04. The van der Waals surface area contributed by atoms with Gasteiger partial charge in [0.2, 0.25) is 0 Å². The zero-order valence-electron chi connectivity index (χ0n) is 10.7. The standard InChI is InChI=1S/C14H11BrN2O4/c15-10-6-11(12(13(18)19)16-7-10)17-14(20)21-8-9-4-2-1-3-5-9/h1-7H,8H2,(H,17,20)(H,18,19). The first-order valence-electron chi connectivity index (χ1n) is 5.93. The molecule has 0 spiro atoms. The zero-order valence-corrected chi connectivity index (χ0v) is 12.3. The van der Waals surface area contributed by atoms with E-state index in [1.165, 1.54) is 12.3 Å². The number of amides is 1. The largest absolute Gasteiger partial charge is 0.476 e. The highest BCUT2D eigenvalue weighted by Gasteiger charge is 2.15. The van der Waals surface area contributed by atoms with Gasteiger partial charge < -0.3 is 9.84 Å². The number of nitrogens with one attached hydrogen (secondary N) is 1. The van der Waals surface area contributed by atoms with Gasteiger partial charge in [-0.25, -0.2) is 14.6 Å². The Morgan fingerprint density at radius 1 is 1.29 bits per heavy atom. The number of ether oxygens (including phenoxy) is 1. The average molecular weight is 351 g/mol. The Labute approximate surface area is 128 Å². The number of carboxylic acids is 1. The molecule has 21 heavy (non-hydrogen) atoms. The number of aromatic nitrogens is 1. The van der Waals surface area contributed by atoms with Gasteiger partial charge >= 0.3 is 12.1 Å². The molecule has 0 radical (unpaired) electrons. The van der Waals surface area contributed by atoms with Crippen LogP contribution in [0.4, 0.5) is 10.5 Å². The van der Waals surface area contributed by atoms with Crippen LogP contribution in [-0.4, -0.2) is 22.2 Å². The van der Waals surface area contributed by atoms with Gasteiger partial charge in [-0.05, 0) is 27.6 Å². The maximum absolute atomic E-state index is 11.7. The SMILES string of the molecule is O=C(Nc1cc(Br)cnc1C(=O)O)OCc1ccccc1. The quantitative estimate of drug-likeness (QED) is 0.882. The molecular weight excluding hydrogens is 340 g/mol. The van der Waals surface area contributed by atoms with E-state index in [0.29, 0.717) is 4.47 Å². The summed E-state index contributed by atoms with van der Waals surface area (Å²) >= 11 is 3.16. The van der Waals surface area contributed by atoms with Crippen molar-refractivity contribution in [2.24, 2.45) is 0 Å². The van der Waals surface area contributed by atoms with E-state index in [1.807, 2.05) is 30.3 Å². The van der Waals surface area contributed by atoms with E-state index < -0.39 is 12.1 Å². The number of carbonyl (C=O) groups is 2. The summed E-state index contributed by atoms with van der Waals surface area (Å²) in [5.41, 5.74) is 0.642. The van der Waals surface area contributed by atoms with Crippen molar-refractivity contribution in [2.75, 3.05) is 5.32 Å². The summed E-state index contributed by atoms with van der Waals surface area (Å²) in [5.74, 6) is -1.24. The Bertz CT molecular complexity index is 661. The first-order chi connectivity index (χ1) is 10.1. The first-order valence-corrected chi connectivity index (χ1v) is 6.72. The molecule has 0 aliphatic carbocycles. The molecule has 2 N–H and O–H groups in total. The number of halogens is 1. The summed E-state index contributed by atoms with van der Waals surface area (Å²) in [7, 11) is 0. The lowest BCUT2D eigenvalue weighted by molar-refractivity contribution is 0.0691. The van der Waals surface area contributed by atoms with E-state index in [2.05, 4.69) is 26.2 Å². The molecule has 1 heterocycles. The Morgan fingerprint density at radius 3 is 2.67 bits per heavy atom. The Hall–Kier alpha value is -2.41. The Morgan fingerprint density at radius 2 is 2.00 bits per heavy atom. The number of carboxylic acid groups (broad SMARTS) is 1. The molecule has 108 valence electrons. The molecule has 0 atom stereocenters. The van der Waals surface area contributed by atoms with Crippen molar-refractivity contribution < 1.29 is 19.4 Å². The molecule has 6 nitrogen and oxygen atoms in total. The predicted molar refractivity (Wildman–Crippen MR) is 79.1 cm³/mol. The van der Waals surface area contributed by atoms with Gasteiger partial charge in [-0.15, -0.1) is 0 Å². The number of benzene rings is 1. The van der Waals surface area contributed by atoms with E-state index in [9.17, 15) is 9.59 Å². The monoisotopic (exact) mass is 350 g/mol. The predicted octanol–water partition coefficient (Wildman–Crippen LogP) is 3.29. The molecule has 2 aromatic rings. The minimum atomic E-state index is -1.24. The molecule has 1 aromatic carbocycles. The molecular formula is C14H11BrN2O4. The van der Waals surface area contributed by atoms with Gasteiger partial charge in [0, 0.05) is 10.7 Å². The second kappa shape index (κ2) is 6.85. The van der Waals surface area contributed by atoms with Crippen molar-refractivity contribution in [1.29, 1.82) is 0 Å². The highest BCUT2D eigenvalue weighted by molar-refractivity contribution is 9.10. The summed E-state index contributed by atoms with van der Waals surface area (Å²) in [6, 6.07) is 10.6. The van der Waals surface area contributed by atoms with E-state index in [0.717, 1.165) is 5.56 Å². The van der Waals surface area contributed by atoms with Crippen LogP contribution in [0, 0.1) is 0 Å². The van der Waals surface area contributed by atoms with E-state index in [-0.39, 0.29) is 18.0 Å². The summed E-state index contributed by atoms with van der Waals surface area (Å²) in [5, 5.41) is 11.4. The van der Waals surface area contributed by atoms with Crippen molar-refractivity contribution in [3.8, 4) is 0 Å². The van der Waals surface area contributed by atoms with Crippen LogP contribution >= 0.6 is 15.9 Å². The molecule has 0 saturated carbocycles. The Balaban J connectivity index is 2.02. The fourth-order valence-corrected chi connectivity index (χ4v) is 1.91. The van der Waals surface area contributed by atoms with Gasteiger partial charge in [-0.3, -0.25) is 5.32 Å². The van der Waals surface area contributed by atoms with Crippen molar-refractivity contribution in [2.45, 2.75) is 6.61 Å². The van der Waals surface area contributed by atoms with Crippen LogP contribution in [-0.2, 0) is 11.3 Å². The summed E-state index contributed by atoms with van der Waals surface area (Å²) in [6.45, 7) is 0.0938. The number of rotatable bonds is 4. The van der Waals surface area contributed by atoms with Crippen LogP contribution in [0.25, 0.3) is 0 Å². The lowest BCUT2D eigenvalue weighted by atomic mass is 10.2. The van der Waals surface area contributed by atoms with Crippen LogP contribution in [0.1, 0.15) is 16.1 Å². The highest BCUT2D eigenvalue weighted by Crippen LogP contribution is 2.19. The third-order valence-corrected chi connectivity index (χ3v) is 2.94. The van der Waals surface area contributed by atoms with Crippen molar-refractivity contribution in [3.63, 3.8) is 0 Å². The van der Waals surface area contributed by atoms with Crippen LogP contribution in [0.15, 0.2) is 47.1 Å². The van der Waals surface area contributed by atoms with Crippen LogP contribution < -0.4 is 5.32 Å². The average Bonchev–Trinajstić information content (AvgIpc) is 2.46. The maximum atomic E-state index is 11.7. The number of hydrogen-bond donors (Lipinski definition) is 2. The summed E-state index contributed by atoms with van der Waals surface area (Å²) in [4.78, 5) is 26.5. The van der Waals surface area contributed by atoms with E-state index >= 15 is 0 Å². The highest BCUT2D eigenvalue weighted by atomic mass is 79.9. The number of hydrogen-bond acceptors (Lipinski definition) is 4. The van der Waals surface area contributed by atoms with Crippen LogP contribution in [0.3, 0.4) is 0 Å². The lowest BCUT2D eigenvalue weighted by Crippen LogP contribution is -2.16. The van der Waals surface area contributed by atoms with Gasteiger partial charge in [-0.1, -0.05) is 30.3 Å². The van der Waals surface area contributed by atoms with Crippen LogP contribution in [0.2, 0.25) is 0 Å². The number of aromatic carboxylic acids is 1. The zero-order chi connectivity index (χ0) is 15.2. The molecule has 0 aliphatic rings. The van der Waals surface area contributed by atoms with Gasteiger partial charge in [0.1, 0.15) is 6.61 Å². The third-order valence-electron chi connectivity index (χ3n) is 2.51. The molecule has 1 amide bonds. The fraction of sp³-hybridized carbons (Fsp3) is 0.0714. The Kier molecular flexibility index (Phi) is 4.89. The molecule has 0 fully saturated rings. The molecule has 2 rings (SSSR count).